The standard InChI is InChI=1S/C13H16ClNO/c1-3-12(4-2)16-13-8-11(6-5-7-14)9-15-10-13/h8-10,12H,3-4,7H2,1-2H3. The smallest absolute Gasteiger partial charge is 0.139 e. The van der Waals surface area contributed by atoms with Crippen LogP contribution in [0.3, 0.4) is 0 Å². The van der Waals surface area contributed by atoms with Crippen LogP contribution in [-0.4, -0.2) is 17.0 Å². The molecule has 0 aliphatic carbocycles. The molecular weight excluding hydrogens is 222 g/mol. The minimum absolute atomic E-state index is 0.248. The molecule has 0 aliphatic heterocycles. The van der Waals surface area contributed by atoms with Crippen molar-refractivity contribution in [1.82, 2.24) is 4.98 Å². The number of pyridine rings is 1. The van der Waals surface area contributed by atoms with Gasteiger partial charge < -0.3 is 4.74 Å². The maximum atomic E-state index is 5.77. The fourth-order valence-corrected chi connectivity index (χ4v) is 1.40. The number of hydrogen-bond acceptors (Lipinski definition) is 2. The van der Waals surface area contributed by atoms with Gasteiger partial charge in [0, 0.05) is 11.8 Å². The zero-order chi connectivity index (χ0) is 11.8. The van der Waals surface area contributed by atoms with Crippen molar-refractivity contribution in [2.75, 3.05) is 5.88 Å². The lowest BCUT2D eigenvalue weighted by atomic mass is 10.2. The summed E-state index contributed by atoms with van der Waals surface area (Å²) in [7, 11) is 0. The van der Waals surface area contributed by atoms with Crippen LogP contribution >= 0.6 is 11.6 Å². The summed E-state index contributed by atoms with van der Waals surface area (Å²) in [5.41, 5.74) is 0.837. The molecule has 1 aromatic rings. The molecule has 0 atom stereocenters. The second-order valence-electron chi connectivity index (χ2n) is 3.40. The summed E-state index contributed by atoms with van der Waals surface area (Å²) in [6.07, 6.45) is 5.66. The van der Waals surface area contributed by atoms with Gasteiger partial charge in [-0.2, -0.15) is 0 Å². The summed E-state index contributed by atoms with van der Waals surface area (Å²) in [5.74, 6) is 6.82. The molecule has 0 N–H and O–H groups in total. The zero-order valence-electron chi connectivity index (χ0n) is 9.66. The molecule has 1 aromatic heterocycles. The first kappa shape index (κ1) is 12.9. The molecule has 0 saturated heterocycles. The van der Waals surface area contributed by atoms with E-state index in [1.165, 1.54) is 0 Å². The SMILES string of the molecule is CCC(CC)Oc1cncc(C#CCCl)c1. The zero-order valence-corrected chi connectivity index (χ0v) is 10.4. The molecule has 0 spiro atoms. The predicted octanol–water partition coefficient (Wildman–Crippen LogP) is 3.24. The summed E-state index contributed by atoms with van der Waals surface area (Å²) < 4.78 is 5.77. The van der Waals surface area contributed by atoms with Crippen molar-refractivity contribution in [3.05, 3.63) is 24.0 Å². The van der Waals surface area contributed by atoms with Crippen molar-refractivity contribution >= 4 is 11.6 Å². The van der Waals surface area contributed by atoms with Gasteiger partial charge in [0.25, 0.3) is 0 Å². The third kappa shape index (κ3) is 4.12. The molecule has 1 heterocycles. The Labute approximate surface area is 102 Å². The van der Waals surface area contributed by atoms with Gasteiger partial charge >= 0.3 is 0 Å². The lowest BCUT2D eigenvalue weighted by Gasteiger charge is -2.15. The van der Waals surface area contributed by atoms with Crippen LogP contribution in [0.15, 0.2) is 18.5 Å². The molecular formula is C13H16ClNO. The van der Waals surface area contributed by atoms with Gasteiger partial charge in [-0.05, 0) is 18.9 Å². The van der Waals surface area contributed by atoms with E-state index in [0.29, 0.717) is 5.88 Å². The van der Waals surface area contributed by atoms with E-state index >= 15 is 0 Å². The molecule has 0 radical (unpaired) electrons. The second kappa shape index (κ2) is 7.14. The number of rotatable bonds is 4. The molecule has 3 heteroatoms. The highest BCUT2D eigenvalue weighted by molar-refractivity contribution is 6.19. The molecule has 2 nitrogen and oxygen atoms in total. The number of ether oxygens (including phenoxy) is 1. The first-order valence-corrected chi connectivity index (χ1v) is 6.00. The molecule has 16 heavy (non-hydrogen) atoms. The molecule has 0 bridgehead atoms. The lowest BCUT2D eigenvalue weighted by molar-refractivity contribution is 0.192. The Morgan fingerprint density at radius 2 is 2.12 bits per heavy atom. The summed E-state index contributed by atoms with van der Waals surface area (Å²) in [4.78, 5) is 4.09. The van der Waals surface area contributed by atoms with Gasteiger partial charge in [0.1, 0.15) is 5.75 Å². The minimum atomic E-state index is 0.248. The van der Waals surface area contributed by atoms with Gasteiger partial charge in [-0.1, -0.05) is 25.7 Å². The fraction of sp³-hybridized carbons (Fsp3) is 0.462. The van der Waals surface area contributed by atoms with Gasteiger partial charge in [0.05, 0.1) is 18.2 Å². The first-order valence-electron chi connectivity index (χ1n) is 5.46. The van der Waals surface area contributed by atoms with Crippen molar-refractivity contribution in [1.29, 1.82) is 0 Å². The molecule has 0 aliphatic rings. The Morgan fingerprint density at radius 3 is 2.75 bits per heavy atom. The molecule has 1 rings (SSSR count). The quantitative estimate of drug-likeness (QED) is 0.593. The monoisotopic (exact) mass is 237 g/mol. The summed E-state index contributed by atoms with van der Waals surface area (Å²) in [6.45, 7) is 4.22. The summed E-state index contributed by atoms with van der Waals surface area (Å²) in [5, 5.41) is 0. The van der Waals surface area contributed by atoms with Gasteiger partial charge in [-0.15, -0.1) is 11.6 Å². The minimum Gasteiger partial charge on any atom is -0.489 e. The van der Waals surface area contributed by atoms with Gasteiger partial charge in [-0.3, -0.25) is 4.98 Å². The Balaban J connectivity index is 2.74. The number of alkyl halides is 1. The highest BCUT2D eigenvalue weighted by atomic mass is 35.5. The van der Waals surface area contributed by atoms with Crippen molar-refractivity contribution in [3.63, 3.8) is 0 Å². The lowest BCUT2D eigenvalue weighted by Crippen LogP contribution is -2.13. The Bertz CT molecular complexity index is 377. The van der Waals surface area contributed by atoms with E-state index in [4.69, 9.17) is 16.3 Å². The van der Waals surface area contributed by atoms with Crippen LogP contribution in [0.4, 0.5) is 0 Å². The van der Waals surface area contributed by atoms with E-state index in [2.05, 4.69) is 30.7 Å². The highest BCUT2D eigenvalue weighted by Gasteiger charge is 2.05. The number of halogens is 1. The van der Waals surface area contributed by atoms with E-state index in [1.807, 2.05) is 6.07 Å². The molecule has 0 aromatic carbocycles. The second-order valence-corrected chi connectivity index (χ2v) is 3.67. The summed E-state index contributed by atoms with van der Waals surface area (Å²) in [6, 6.07) is 1.89. The Kier molecular flexibility index (Phi) is 5.74. The summed E-state index contributed by atoms with van der Waals surface area (Å²) >= 11 is 5.50. The van der Waals surface area contributed by atoms with E-state index < -0.39 is 0 Å². The number of hydrogen-bond donors (Lipinski definition) is 0. The number of aromatic nitrogens is 1. The molecule has 0 fully saturated rings. The van der Waals surface area contributed by atoms with Crippen LogP contribution < -0.4 is 4.74 Å². The van der Waals surface area contributed by atoms with Crippen LogP contribution in [0.1, 0.15) is 32.3 Å². The fourth-order valence-electron chi connectivity index (χ4n) is 1.33. The van der Waals surface area contributed by atoms with E-state index in [0.717, 1.165) is 24.2 Å². The van der Waals surface area contributed by atoms with Crippen LogP contribution in [-0.2, 0) is 0 Å². The van der Waals surface area contributed by atoms with Crippen molar-refractivity contribution < 1.29 is 4.74 Å². The van der Waals surface area contributed by atoms with Crippen molar-refractivity contribution in [3.8, 4) is 17.6 Å². The van der Waals surface area contributed by atoms with Crippen molar-refractivity contribution in [2.24, 2.45) is 0 Å². The van der Waals surface area contributed by atoms with Gasteiger partial charge in [0.15, 0.2) is 0 Å². The molecule has 86 valence electrons. The van der Waals surface area contributed by atoms with E-state index in [9.17, 15) is 0 Å². The maximum absolute atomic E-state index is 5.77. The Morgan fingerprint density at radius 1 is 1.38 bits per heavy atom. The maximum Gasteiger partial charge on any atom is 0.139 e. The molecule has 0 unspecified atom stereocenters. The first-order chi connectivity index (χ1) is 7.80. The van der Waals surface area contributed by atoms with Crippen LogP contribution in [0.5, 0.6) is 5.75 Å². The van der Waals surface area contributed by atoms with E-state index in [1.54, 1.807) is 12.4 Å². The average Bonchev–Trinajstić information content (AvgIpc) is 2.34. The van der Waals surface area contributed by atoms with Crippen LogP contribution in [0.2, 0.25) is 0 Å². The average molecular weight is 238 g/mol. The third-order valence-corrected chi connectivity index (χ3v) is 2.36. The number of nitrogens with zero attached hydrogens (tertiary/aromatic N) is 1. The van der Waals surface area contributed by atoms with Gasteiger partial charge in [0.2, 0.25) is 0 Å². The van der Waals surface area contributed by atoms with Gasteiger partial charge in [-0.25, -0.2) is 0 Å². The Hall–Kier alpha value is -1.20. The molecule has 0 saturated carbocycles. The largest absolute Gasteiger partial charge is 0.489 e. The van der Waals surface area contributed by atoms with Crippen LogP contribution in [0.25, 0.3) is 0 Å². The van der Waals surface area contributed by atoms with Crippen molar-refractivity contribution in [2.45, 2.75) is 32.8 Å². The predicted molar refractivity (Wildman–Crippen MR) is 66.8 cm³/mol. The molecule has 0 amide bonds. The van der Waals surface area contributed by atoms with Crippen LogP contribution in [0, 0.1) is 11.8 Å². The highest BCUT2D eigenvalue weighted by Crippen LogP contribution is 2.15. The van der Waals surface area contributed by atoms with E-state index in [-0.39, 0.29) is 6.10 Å². The third-order valence-electron chi connectivity index (χ3n) is 2.23. The normalized spacial score (nSPS) is 9.75. The topological polar surface area (TPSA) is 22.1 Å².